The van der Waals surface area contributed by atoms with E-state index in [1.165, 1.54) is 0 Å². The first-order chi connectivity index (χ1) is 14.4. The van der Waals surface area contributed by atoms with E-state index in [2.05, 4.69) is 24.7 Å². The van der Waals surface area contributed by atoms with Crippen LogP contribution in [0.5, 0.6) is 5.75 Å². The van der Waals surface area contributed by atoms with Crippen LogP contribution in [0.1, 0.15) is 42.8 Å². The molecule has 3 amide bonds. The molecule has 2 N–H and O–H groups in total. The highest BCUT2D eigenvalue weighted by atomic mass is 16.5. The Morgan fingerprint density at radius 3 is 2.80 bits per heavy atom. The largest absolute Gasteiger partial charge is 0.494 e. The second-order valence-electron chi connectivity index (χ2n) is 7.76. The number of likely N-dealkylation sites (tertiary alicyclic amines) is 1. The highest BCUT2D eigenvalue weighted by Gasteiger charge is 2.34. The molecule has 8 heteroatoms. The average molecular weight is 413 g/mol. The van der Waals surface area contributed by atoms with Crippen molar-refractivity contribution in [2.45, 2.75) is 33.2 Å². The average Bonchev–Trinajstić information content (AvgIpc) is 3.36. The third kappa shape index (κ3) is 5.85. The van der Waals surface area contributed by atoms with E-state index in [1.807, 2.05) is 0 Å². The Kier molecular flexibility index (Phi) is 7.11. The van der Waals surface area contributed by atoms with Gasteiger partial charge in [-0.3, -0.25) is 25.2 Å². The second-order valence-corrected chi connectivity index (χ2v) is 7.76. The minimum atomic E-state index is -0.529. The molecule has 2 heterocycles. The van der Waals surface area contributed by atoms with E-state index in [0.717, 1.165) is 6.42 Å². The Morgan fingerprint density at radius 1 is 1.23 bits per heavy atom. The molecule has 30 heavy (non-hydrogen) atoms. The smallest absolute Gasteiger partial charge is 0.269 e. The van der Waals surface area contributed by atoms with E-state index < -0.39 is 17.7 Å². The number of nitrogens with zero attached hydrogens (tertiary/aromatic N) is 1. The standard InChI is InChI=1S/C22H27N3O5/c1-15(2)8-10-30-18-6-3-5-16(11-18)21(27)23-24-22(28)17-12-20(26)25(13-17)14-19-7-4-9-29-19/h3-7,9,11,15,17H,8,10,12-14H2,1-2H3,(H,23,27)(H,24,28). The van der Waals surface area contributed by atoms with Crippen LogP contribution in [0.25, 0.3) is 0 Å². The molecule has 1 unspecified atom stereocenters. The third-order valence-corrected chi connectivity index (χ3v) is 4.87. The maximum Gasteiger partial charge on any atom is 0.269 e. The maximum atomic E-state index is 12.4. The number of hydrazine groups is 1. The van der Waals surface area contributed by atoms with Crippen molar-refractivity contribution in [3.8, 4) is 5.75 Å². The summed E-state index contributed by atoms with van der Waals surface area (Å²) >= 11 is 0. The number of amides is 3. The van der Waals surface area contributed by atoms with Crippen molar-refractivity contribution in [3.05, 3.63) is 54.0 Å². The summed E-state index contributed by atoms with van der Waals surface area (Å²) in [7, 11) is 0. The molecule has 1 aromatic heterocycles. The highest BCUT2D eigenvalue weighted by molar-refractivity contribution is 5.96. The van der Waals surface area contributed by atoms with Crippen LogP contribution in [0.3, 0.4) is 0 Å². The van der Waals surface area contributed by atoms with Gasteiger partial charge in [-0.1, -0.05) is 19.9 Å². The zero-order valence-corrected chi connectivity index (χ0v) is 17.2. The van der Waals surface area contributed by atoms with Crippen LogP contribution in [0.2, 0.25) is 0 Å². The summed E-state index contributed by atoms with van der Waals surface area (Å²) in [6, 6.07) is 10.3. The number of nitrogens with one attached hydrogen (secondary N) is 2. The van der Waals surface area contributed by atoms with Gasteiger partial charge in [0.15, 0.2) is 0 Å². The van der Waals surface area contributed by atoms with Crippen LogP contribution in [0.4, 0.5) is 0 Å². The lowest BCUT2D eigenvalue weighted by molar-refractivity contribution is -0.129. The summed E-state index contributed by atoms with van der Waals surface area (Å²) in [5.41, 5.74) is 5.20. The van der Waals surface area contributed by atoms with E-state index in [4.69, 9.17) is 9.15 Å². The quantitative estimate of drug-likeness (QED) is 0.648. The van der Waals surface area contributed by atoms with Crippen LogP contribution >= 0.6 is 0 Å². The SMILES string of the molecule is CC(C)CCOc1cccc(C(=O)NNC(=O)C2CC(=O)N(Cc3ccco3)C2)c1. The molecular weight excluding hydrogens is 386 g/mol. The molecule has 0 aliphatic carbocycles. The summed E-state index contributed by atoms with van der Waals surface area (Å²) in [4.78, 5) is 38.5. The predicted octanol–water partition coefficient (Wildman–Crippen LogP) is 2.51. The number of ether oxygens (including phenoxy) is 1. The first kappa shape index (κ1) is 21.4. The minimum absolute atomic E-state index is 0.0988. The molecule has 0 radical (unpaired) electrons. The van der Waals surface area contributed by atoms with Gasteiger partial charge in [0.05, 0.1) is 25.3 Å². The zero-order valence-electron chi connectivity index (χ0n) is 17.2. The summed E-state index contributed by atoms with van der Waals surface area (Å²) in [6.07, 6.45) is 2.56. The van der Waals surface area contributed by atoms with Crippen molar-refractivity contribution in [2.75, 3.05) is 13.2 Å². The summed E-state index contributed by atoms with van der Waals surface area (Å²) in [5, 5.41) is 0. The van der Waals surface area contributed by atoms with Crippen molar-refractivity contribution in [3.63, 3.8) is 0 Å². The Labute approximate surface area is 175 Å². The summed E-state index contributed by atoms with van der Waals surface area (Å²) in [6.45, 7) is 5.41. The Bertz CT molecular complexity index is 879. The van der Waals surface area contributed by atoms with Crippen LogP contribution in [-0.2, 0) is 16.1 Å². The van der Waals surface area contributed by atoms with Gasteiger partial charge in [0.2, 0.25) is 11.8 Å². The van der Waals surface area contributed by atoms with E-state index in [9.17, 15) is 14.4 Å². The van der Waals surface area contributed by atoms with Crippen molar-refractivity contribution in [1.29, 1.82) is 0 Å². The summed E-state index contributed by atoms with van der Waals surface area (Å²) in [5.74, 6) is 0.293. The number of hydrogen-bond acceptors (Lipinski definition) is 5. The van der Waals surface area contributed by atoms with Gasteiger partial charge in [-0.05, 0) is 42.7 Å². The number of furan rings is 1. The normalized spacial score (nSPS) is 16.0. The fourth-order valence-electron chi connectivity index (χ4n) is 3.12. The van der Waals surface area contributed by atoms with Crippen molar-refractivity contribution >= 4 is 17.7 Å². The highest BCUT2D eigenvalue weighted by Crippen LogP contribution is 2.20. The number of hydrogen-bond donors (Lipinski definition) is 2. The Balaban J connectivity index is 1.47. The van der Waals surface area contributed by atoms with Gasteiger partial charge >= 0.3 is 0 Å². The van der Waals surface area contributed by atoms with E-state index in [1.54, 1.807) is 47.6 Å². The molecule has 1 aliphatic heterocycles. The number of rotatable bonds is 8. The first-order valence-electron chi connectivity index (χ1n) is 10.1. The third-order valence-electron chi connectivity index (χ3n) is 4.87. The van der Waals surface area contributed by atoms with Crippen LogP contribution in [0.15, 0.2) is 47.1 Å². The molecular formula is C22H27N3O5. The van der Waals surface area contributed by atoms with Crippen molar-refractivity contribution < 1.29 is 23.5 Å². The fraction of sp³-hybridized carbons (Fsp3) is 0.409. The molecule has 1 aliphatic rings. The Hall–Kier alpha value is -3.29. The molecule has 1 fully saturated rings. The number of carbonyl (C=O) groups excluding carboxylic acids is 3. The van der Waals surface area contributed by atoms with Gasteiger partial charge in [0.25, 0.3) is 5.91 Å². The lowest BCUT2D eigenvalue weighted by Crippen LogP contribution is -2.45. The van der Waals surface area contributed by atoms with Crippen LogP contribution in [-0.4, -0.2) is 35.8 Å². The van der Waals surface area contributed by atoms with Crippen molar-refractivity contribution in [1.82, 2.24) is 15.8 Å². The minimum Gasteiger partial charge on any atom is -0.494 e. The lowest BCUT2D eigenvalue weighted by Gasteiger charge is -2.15. The maximum absolute atomic E-state index is 12.4. The number of benzene rings is 1. The van der Waals surface area contributed by atoms with Gasteiger partial charge < -0.3 is 14.1 Å². The molecule has 2 aromatic rings. The van der Waals surface area contributed by atoms with Crippen LogP contribution < -0.4 is 15.6 Å². The van der Waals surface area contributed by atoms with Gasteiger partial charge in [-0.15, -0.1) is 0 Å². The van der Waals surface area contributed by atoms with Gasteiger partial charge in [0, 0.05) is 18.5 Å². The molecule has 1 saturated heterocycles. The molecule has 3 rings (SSSR count). The lowest BCUT2D eigenvalue weighted by atomic mass is 10.1. The second kappa shape index (κ2) is 9.96. The Morgan fingerprint density at radius 2 is 2.07 bits per heavy atom. The molecule has 0 spiro atoms. The van der Waals surface area contributed by atoms with Gasteiger partial charge in [-0.2, -0.15) is 0 Å². The molecule has 8 nitrogen and oxygen atoms in total. The van der Waals surface area contributed by atoms with Gasteiger partial charge in [-0.25, -0.2) is 0 Å². The monoisotopic (exact) mass is 413 g/mol. The zero-order chi connectivity index (χ0) is 21.5. The van der Waals surface area contributed by atoms with E-state index >= 15 is 0 Å². The van der Waals surface area contributed by atoms with Gasteiger partial charge in [0.1, 0.15) is 11.5 Å². The molecule has 160 valence electrons. The number of carbonyl (C=O) groups is 3. The molecule has 1 aromatic carbocycles. The first-order valence-corrected chi connectivity index (χ1v) is 10.1. The van der Waals surface area contributed by atoms with Crippen molar-refractivity contribution in [2.24, 2.45) is 11.8 Å². The summed E-state index contributed by atoms with van der Waals surface area (Å²) < 4.78 is 10.9. The molecule has 1 atom stereocenters. The van der Waals surface area contributed by atoms with E-state index in [-0.39, 0.29) is 18.9 Å². The van der Waals surface area contributed by atoms with E-state index in [0.29, 0.717) is 36.1 Å². The topological polar surface area (TPSA) is 101 Å². The predicted molar refractivity (Wildman–Crippen MR) is 109 cm³/mol. The molecule has 0 bridgehead atoms. The fourth-order valence-corrected chi connectivity index (χ4v) is 3.12. The molecule has 0 saturated carbocycles. The van der Waals surface area contributed by atoms with Crippen LogP contribution in [0, 0.1) is 11.8 Å².